The van der Waals surface area contributed by atoms with Crippen LogP contribution >= 0.6 is 0 Å². The van der Waals surface area contributed by atoms with Gasteiger partial charge in [-0.1, -0.05) is 30.3 Å². The van der Waals surface area contributed by atoms with E-state index in [1.807, 2.05) is 0 Å². The van der Waals surface area contributed by atoms with E-state index in [1.54, 1.807) is 30.3 Å². The standard InChI is InChI=1S/C19H27N5O6/c1-10(20)16(26)22-11(2)17(27)23-13(9-15(21)25)18(28)24-14(19(29)30)8-12-6-4-3-5-7-12/h3-7,10-11,13-14H,8-9,20H2,1-2H3,(H2,21,25)(H,22,26)(H,23,27)(H,24,28)(H,29,30). The highest BCUT2D eigenvalue weighted by molar-refractivity contribution is 5.95. The molecule has 0 bridgehead atoms. The summed E-state index contributed by atoms with van der Waals surface area (Å²) < 4.78 is 0. The lowest BCUT2D eigenvalue weighted by Crippen LogP contribution is -2.57. The van der Waals surface area contributed by atoms with Gasteiger partial charge in [-0.15, -0.1) is 0 Å². The van der Waals surface area contributed by atoms with Crippen LogP contribution in [0.25, 0.3) is 0 Å². The first-order valence-electron chi connectivity index (χ1n) is 9.23. The number of amides is 4. The summed E-state index contributed by atoms with van der Waals surface area (Å²) in [6, 6.07) is 4.02. The maximum atomic E-state index is 12.6. The maximum absolute atomic E-state index is 12.6. The van der Waals surface area contributed by atoms with Gasteiger partial charge < -0.3 is 32.5 Å². The Morgan fingerprint density at radius 2 is 1.47 bits per heavy atom. The summed E-state index contributed by atoms with van der Waals surface area (Å²) in [4.78, 5) is 59.4. The smallest absolute Gasteiger partial charge is 0.326 e. The van der Waals surface area contributed by atoms with Gasteiger partial charge in [-0.25, -0.2) is 4.79 Å². The van der Waals surface area contributed by atoms with Gasteiger partial charge in [0.15, 0.2) is 0 Å². The van der Waals surface area contributed by atoms with E-state index in [0.717, 1.165) is 0 Å². The van der Waals surface area contributed by atoms with E-state index in [9.17, 15) is 29.1 Å². The fraction of sp³-hybridized carbons (Fsp3) is 0.421. The van der Waals surface area contributed by atoms with Crippen LogP contribution in [0.3, 0.4) is 0 Å². The van der Waals surface area contributed by atoms with Crippen molar-refractivity contribution in [1.29, 1.82) is 0 Å². The predicted octanol–water partition coefficient (Wildman–Crippen LogP) is -1.99. The molecule has 0 aliphatic heterocycles. The number of aliphatic carboxylic acids is 1. The van der Waals surface area contributed by atoms with E-state index < -0.39 is 60.2 Å². The van der Waals surface area contributed by atoms with Crippen molar-refractivity contribution in [3.8, 4) is 0 Å². The first kappa shape index (κ1) is 24.6. The molecule has 30 heavy (non-hydrogen) atoms. The maximum Gasteiger partial charge on any atom is 0.326 e. The molecule has 11 nitrogen and oxygen atoms in total. The number of primary amides is 1. The predicted molar refractivity (Wildman–Crippen MR) is 107 cm³/mol. The van der Waals surface area contributed by atoms with Gasteiger partial charge in [-0.3, -0.25) is 19.2 Å². The fourth-order valence-electron chi connectivity index (χ4n) is 2.44. The lowest BCUT2D eigenvalue weighted by Gasteiger charge is -2.23. The molecule has 0 radical (unpaired) electrons. The normalized spacial score (nSPS) is 14.5. The van der Waals surface area contributed by atoms with Crippen LogP contribution in [0.5, 0.6) is 0 Å². The van der Waals surface area contributed by atoms with Crippen LogP contribution < -0.4 is 27.4 Å². The molecule has 4 amide bonds. The number of carbonyl (C=O) groups is 5. The zero-order chi connectivity index (χ0) is 22.8. The van der Waals surface area contributed by atoms with E-state index in [4.69, 9.17) is 11.5 Å². The summed E-state index contributed by atoms with van der Waals surface area (Å²) >= 11 is 0. The number of nitrogens with two attached hydrogens (primary N) is 2. The van der Waals surface area contributed by atoms with Crippen LogP contribution in [0.15, 0.2) is 30.3 Å². The molecular formula is C19H27N5O6. The second-order valence-corrected chi connectivity index (χ2v) is 6.84. The Morgan fingerprint density at radius 1 is 0.900 bits per heavy atom. The number of hydrogen-bond acceptors (Lipinski definition) is 6. The Kier molecular flexibility index (Phi) is 9.43. The van der Waals surface area contributed by atoms with Gasteiger partial charge >= 0.3 is 5.97 Å². The highest BCUT2D eigenvalue weighted by Gasteiger charge is 2.29. The lowest BCUT2D eigenvalue weighted by atomic mass is 10.0. The topological polar surface area (TPSA) is 194 Å². The van der Waals surface area contributed by atoms with Gasteiger partial charge in [-0.2, -0.15) is 0 Å². The average molecular weight is 421 g/mol. The number of benzene rings is 1. The number of carboxylic acid groups (broad SMARTS) is 1. The van der Waals surface area contributed by atoms with E-state index in [-0.39, 0.29) is 6.42 Å². The molecule has 0 saturated carbocycles. The summed E-state index contributed by atoms with van der Waals surface area (Å²) in [5, 5.41) is 16.4. The highest BCUT2D eigenvalue weighted by Crippen LogP contribution is 2.05. The van der Waals surface area contributed by atoms with Gasteiger partial charge in [0, 0.05) is 6.42 Å². The monoisotopic (exact) mass is 421 g/mol. The molecule has 1 rings (SSSR count). The quantitative estimate of drug-likeness (QED) is 0.238. The fourth-order valence-corrected chi connectivity index (χ4v) is 2.44. The molecule has 164 valence electrons. The summed E-state index contributed by atoms with van der Waals surface area (Å²) in [5.41, 5.74) is 11.2. The summed E-state index contributed by atoms with van der Waals surface area (Å²) in [6.45, 7) is 2.80. The molecular weight excluding hydrogens is 394 g/mol. The summed E-state index contributed by atoms with van der Waals surface area (Å²) in [7, 11) is 0. The first-order valence-corrected chi connectivity index (χ1v) is 9.23. The van der Waals surface area contributed by atoms with Gasteiger partial charge in [0.1, 0.15) is 18.1 Å². The Bertz CT molecular complexity index is 783. The van der Waals surface area contributed by atoms with Crippen LogP contribution in [0.4, 0.5) is 0 Å². The van der Waals surface area contributed by atoms with Gasteiger partial charge in [0.2, 0.25) is 23.6 Å². The van der Waals surface area contributed by atoms with Crippen molar-refractivity contribution in [2.45, 2.75) is 50.9 Å². The molecule has 4 atom stereocenters. The Hall–Kier alpha value is -3.47. The van der Waals surface area contributed by atoms with Gasteiger partial charge in [0.05, 0.1) is 12.5 Å². The minimum Gasteiger partial charge on any atom is -0.480 e. The number of hydrogen-bond donors (Lipinski definition) is 6. The molecule has 8 N–H and O–H groups in total. The molecule has 0 aromatic heterocycles. The van der Waals surface area contributed by atoms with Gasteiger partial charge in [0.25, 0.3) is 0 Å². The van der Waals surface area contributed by atoms with E-state index in [0.29, 0.717) is 5.56 Å². The molecule has 0 fully saturated rings. The first-order chi connectivity index (χ1) is 14.0. The number of nitrogens with one attached hydrogen (secondary N) is 3. The van der Waals surface area contributed by atoms with Crippen molar-refractivity contribution >= 4 is 29.6 Å². The van der Waals surface area contributed by atoms with E-state index >= 15 is 0 Å². The van der Waals surface area contributed by atoms with Crippen LogP contribution in [0, 0.1) is 0 Å². The third kappa shape index (κ3) is 8.27. The molecule has 4 unspecified atom stereocenters. The van der Waals surface area contributed by atoms with Crippen LogP contribution in [-0.2, 0) is 30.4 Å². The minimum atomic E-state index is -1.41. The van der Waals surface area contributed by atoms with Crippen molar-refractivity contribution in [3.05, 3.63) is 35.9 Å². The second kappa shape index (κ2) is 11.5. The SMILES string of the molecule is CC(N)C(=O)NC(C)C(=O)NC(CC(N)=O)C(=O)NC(Cc1ccccc1)C(=O)O. The third-order valence-corrected chi connectivity index (χ3v) is 4.10. The van der Waals surface area contributed by atoms with Crippen molar-refractivity contribution in [3.63, 3.8) is 0 Å². The highest BCUT2D eigenvalue weighted by atomic mass is 16.4. The zero-order valence-corrected chi connectivity index (χ0v) is 16.8. The minimum absolute atomic E-state index is 0.000000226. The molecule has 0 aliphatic rings. The zero-order valence-electron chi connectivity index (χ0n) is 16.8. The number of rotatable bonds is 11. The average Bonchev–Trinajstić information content (AvgIpc) is 2.66. The Balaban J connectivity index is 2.85. The van der Waals surface area contributed by atoms with Crippen LogP contribution in [0.2, 0.25) is 0 Å². The molecule has 0 spiro atoms. The summed E-state index contributed by atoms with van der Waals surface area (Å²) in [5.74, 6) is -4.40. The van der Waals surface area contributed by atoms with E-state index in [1.165, 1.54) is 13.8 Å². The molecule has 11 heteroatoms. The molecule has 1 aromatic carbocycles. The van der Waals surface area contributed by atoms with Crippen molar-refractivity contribution < 1.29 is 29.1 Å². The third-order valence-electron chi connectivity index (χ3n) is 4.10. The van der Waals surface area contributed by atoms with Gasteiger partial charge in [-0.05, 0) is 19.4 Å². The van der Waals surface area contributed by atoms with Crippen molar-refractivity contribution in [2.75, 3.05) is 0 Å². The number of carbonyl (C=O) groups excluding carboxylic acids is 4. The van der Waals surface area contributed by atoms with Crippen LogP contribution in [-0.4, -0.2) is 58.9 Å². The Labute approximate surface area is 173 Å². The largest absolute Gasteiger partial charge is 0.480 e. The van der Waals surface area contributed by atoms with Crippen molar-refractivity contribution in [1.82, 2.24) is 16.0 Å². The molecule has 0 aliphatic carbocycles. The van der Waals surface area contributed by atoms with Crippen molar-refractivity contribution in [2.24, 2.45) is 11.5 Å². The summed E-state index contributed by atoms with van der Waals surface area (Å²) in [6.07, 6.45) is -0.552. The van der Waals surface area contributed by atoms with E-state index in [2.05, 4.69) is 16.0 Å². The number of carboxylic acids is 1. The molecule has 0 saturated heterocycles. The molecule has 1 aromatic rings. The van der Waals surface area contributed by atoms with Crippen LogP contribution in [0.1, 0.15) is 25.8 Å². The molecule has 0 heterocycles. The second-order valence-electron chi connectivity index (χ2n) is 6.84. The lowest BCUT2D eigenvalue weighted by molar-refractivity contribution is -0.142. The Morgan fingerprint density at radius 3 is 1.97 bits per heavy atom.